The standard InChI is InChI=1S/C6H8BrN3O/c7-2-1-4-3-5(6(8)11)10-9-4/h3H,1-2H2,(H2,8,11)(H,9,10). The highest BCUT2D eigenvalue weighted by Gasteiger charge is 2.04. The van der Waals surface area contributed by atoms with Crippen molar-refractivity contribution < 1.29 is 4.79 Å². The molecule has 4 nitrogen and oxygen atoms in total. The molecule has 5 heteroatoms. The maximum atomic E-state index is 10.5. The number of H-pyrrole nitrogens is 1. The lowest BCUT2D eigenvalue weighted by Gasteiger charge is -1.85. The molecule has 0 saturated carbocycles. The third-order valence-corrected chi connectivity index (χ3v) is 1.64. The largest absolute Gasteiger partial charge is 0.364 e. The average Bonchev–Trinajstić information content (AvgIpc) is 2.37. The van der Waals surface area contributed by atoms with E-state index >= 15 is 0 Å². The summed E-state index contributed by atoms with van der Waals surface area (Å²) in [6.07, 6.45) is 0.820. The van der Waals surface area contributed by atoms with Crippen molar-refractivity contribution >= 4 is 21.8 Å². The van der Waals surface area contributed by atoms with Crippen LogP contribution in [-0.2, 0) is 6.42 Å². The number of amides is 1. The molecular formula is C6H8BrN3O. The van der Waals surface area contributed by atoms with Crippen molar-refractivity contribution in [1.82, 2.24) is 10.2 Å². The lowest BCUT2D eigenvalue weighted by atomic mass is 10.3. The van der Waals surface area contributed by atoms with Crippen molar-refractivity contribution in [2.45, 2.75) is 6.42 Å². The van der Waals surface area contributed by atoms with E-state index in [2.05, 4.69) is 26.1 Å². The molecule has 1 heterocycles. The number of carbonyl (C=O) groups is 1. The van der Waals surface area contributed by atoms with E-state index in [9.17, 15) is 4.79 Å². The fourth-order valence-electron chi connectivity index (χ4n) is 0.718. The number of hydrogen-bond donors (Lipinski definition) is 2. The second kappa shape index (κ2) is 3.52. The van der Waals surface area contributed by atoms with Crippen molar-refractivity contribution in [2.24, 2.45) is 5.73 Å². The summed E-state index contributed by atoms with van der Waals surface area (Å²) in [5.74, 6) is -0.498. The van der Waals surface area contributed by atoms with E-state index < -0.39 is 5.91 Å². The van der Waals surface area contributed by atoms with Gasteiger partial charge in [-0.2, -0.15) is 5.10 Å². The summed E-state index contributed by atoms with van der Waals surface area (Å²) in [6.45, 7) is 0. The molecule has 0 bridgehead atoms. The molecule has 0 saturated heterocycles. The average molecular weight is 218 g/mol. The van der Waals surface area contributed by atoms with Crippen molar-refractivity contribution in [3.8, 4) is 0 Å². The third-order valence-electron chi connectivity index (χ3n) is 1.25. The number of rotatable bonds is 3. The Morgan fingerprint density at radius 2 is 2.55 bits per heavy atom. The van der Waals surface area contributed by atoms with Gasteiger partial charge in [-0.15, -0.1) is 0 Å². The van der Waals surface area contributed by atoms with Crippen LogP contribution in [0.4, 0.5) is 0 Å². The SMILES string of the molecule is NC(=O)c1cc(CCBr)[nH]n1. The van der Waals surface area contributed by atoms with Crippen LogP contribution in [0.1, 0.15) is 16.2 Å². The number of alkyl halides is 1. The van der Waals surface area contributed by atoms with Gasteiger partial charge in [-0.25, -0.2) is 0 Å². The van der Waals surface area contributed by atoms with Crippen LogP contribution in [0.5, 0.6) is 0 Å². The minimum atomic E-state index is -0.498. The van der Waals surface area contributed by atoms with E-state index in [1.165, 1.54) is 0 Å². The Labute approximate surface area is 72.3 Å². The van der Waals surface area contributed by atoms with E-state index in [4.69, 9.17) is 5.73 Å². The number of nitrogens with one attached hydrogen (secondary N) is 1. The number of aryl methyl sites for hydroxylation is 1. The van der Waals surface area contributed by atoms with Crippen LogP contribution < -0.4 is 5.73 Å². The second-order valence-electron chi connectivity index (χ2n) is 2.08. The molecule has 0 aliphatic rings. The van der Waals surface area contributed by atoms with Crippen LogP contribution in [0.15, 0.2) is 6.07 Å². The molecule has 0 aliphatic heterocycles. The van der Waals surface area contributed by atoms with Gasteiger partial charge in [0.05, 0.1) is 0 Å². The van der Waals surface area contributed by atoms with E-state index in [0.29, 0.717) is 5.69 Å². The lowest BCUT2D eigenvalue weighted by molar-refractivity contribution is 0.0995. The van der Waals surface area contributed by atoms with Gasteiger partial charge in [0.2, 0.25) is 0 Å². The van der Waals surface area contributed by atoms with Crippen LogP contribution in [0.25, 0.3) is 0 Å². The number of nitrogens with two attached hydrogens (primary N) is 1. The number of carbonyl (C=O) groups excluding carboxylic acids is 1. The molecule has 0 atom stereocenters. The summed E-state index contributed by atoms with van der Waals surface area (Å²) in [6, 6.07) is 1.66. The number of nitrogens with zero attached hydrogens (tertiary/aromatic N) is 1. The number of halogens is 1. The van der Waals surface area contributed by atoms with Gasteiger partial charge in [0.15, 0.2) is 0 Å². The van der Waals surface area contributed by atoms with Crippen molar-refractivity contribution in [3.63, 3.8) is 0 Å². The first-order valence-electron chi connectivity index (χ1n) is 3.14. The molecular weight excluding hydrogens is 210 g/mol. The van der Waals surface area contributed by atoms with Gasteiger partial charge in [0, 0.05) is 11.0 Å². The quantitative estimate of drug-likeness (QED) is 0.722. The van der Waals surface area contributed by atoms with E-state index in [1.54, 1.807) is 6.07 Å². The minimum Gasteiger partial charge on any atom is -0.364 e. The van der Waals surface area contributed by atoms with Gasteiger partial charge < -0.3 is 5.73 Å². The normalized spacial score (nSPS) is 9.91. The van der Waals surface area contributed by atoms with Crippen LogP contribution >= 0.6 is 15.9 Å². The molecule has 3 N–H and O–H groups in total. The van der Waals surface area contributed by atoms with Crippen molar-refractivity contribution in [1.29, 1.82) is 0 Å². The first-order valence-corrected chi connectivity index (χ1v) is 4.26. The molecule has 0 spiro atoms. The molecule has 1 aromatic heterocycles. The Morgan fingerprint density at radius 1 is 1.82 bits per heavy atom. The smallest absolute Gasteiger partial charge is 0.269 e. The predicted molar refractivity (Wildman–Crippen MR) is 44.6 cm³/mol. The molecule has 0 unspecified atom stereocenters. The fraction of sp³-hybridized carbons (Fsp3) is 0.333. The molecule has 0 aromatic carbocycles. The summed E-state index contributed by atoms with van der Waals surface area (Å²) >= 11 is 3.27. The molecule has 0 fully saturated rings. The summed E-state index contributed by atoms with van der Waals surface area (Å²) < 4.78 is 0. The monoisotopic (exact) mass is 217 g/mol. The molecule has 60 valence electrons. The van der Waals surface area contributed by atoms with Crippen LogP contribution in [-0.4, -0.2) is 21.4 Å². The topological polar surface area (TPSA) is 71.8 Å². The molecule has 1 aromatic rings. The van der Waals surface area contributed by atoms with Gasteiger partial charge in [-0.05, 0) is 12.5 Å². The number of primary amides is 1. The Hall–Kier alpha value is -0.840. The zero-order chi connectivity index (χ0) is 8.27. The fourth-order valence-corrected chi connectivity index (χ4v) is 1.14. The van der Waals surface area contributed by atoms with E-state index in [1.807, 2.05) is 0 Å². The third kappa shape index (κ3) is 2.04. The zero-order valence-electron chi connectivity index (χ0n) is 5.80. The highest BCUT2D eigenvalue weighted by molar-refractivity contribution is 9.09. The van der Waals surface area contributed by atoms with Crippen molar-refractivity contribution in [3.05, 3.63) is 17.5 Å². The molecule has 11 heavy (non-hydrogen) atoms. The Balaban J connectivity index is 2.73. The minimum absolute atomic E-state index is 0.293. The molecule has 0 radical (unpaired) electrons. The van der Waals surface area contributed by atoms with Crippen LogP contribution in [0, 0.1) is 0 Å². The van der Waals surface area contributed by atoms with Gasteiger partial charge in [-0.3, -0.25) is 9.89 Å². The highest BCUT2D eigenvalue weighted by Crippen LogP contribution is 2.00. The number of aromatic nitrogens is 2. The maximum absolute atomic E-state index is 10.5. The zero-order valence-corrected chi connectivity index (χ0v) is 7.39. The van der Waals surface area contributed by atoms with E-state index in [-0.39, 0.29) is 0 Å². The van der Waals surface area contributed by atoms with Crippen molar-refractivity contribution in [2.75, 3.05) is 5.33 Å². The lowest BCUT2D eigenvalue weighted by Crippen LogP contribution is -2.10. The Kier molecular flexibility index (Phi) is 2.64. The van der Waals surface area contributed by atoms with Crippen LogP contribution in [0.2, 0.25) is 0 Å². The Morgan fingerprint density at radius 3 is 3.00 bits per heavy atom. The molecule has 1 rings (SSSR count). The second-order valence-corrected chi connectivity index (χ2v) is 2.87. The molecule has 1 amide bonds. The van der Waals surface area contributed by atoms with E-state index in [0.717, 1.165) is 17.4 Å². The van der Waals surface area contributed by atoms with Gasteiger partial charge in [0.1, 0.15) is 5.69 Å². The first-order chi connectivity index (χ1) is 5.24. The summed E-state index contributed by atoms with van der Waals surface area (Å²) in [5.41, 5.74) is 6.20. The number of aromatic amines is 1. The number of hydrogen-bond acceptors (Lipinski definition) is 2. The van der Waals surface area contributed by atoms with Gasteiger partial charge >= 0.3 is 0 Å². The first kappa shape index (κ1) is 8.26. The predicted octanol–water partition coefficient (Wildman–Crippen LogP) is 0.446. The highest BCUT2D eigenvalue weighted by atomic mass is 79.9. The maximum Gasteiger partial charge on any atom is 0.269 e. The van der Waals surface area contributed by atoms with Gasteiger partial charge in [-0.1, -0.05) is 15.9 Å². The molecule has 0 aliphatic carbocycles. The van der Waals surface area contributed by atoms with Gasteiger partial charge in [0.25, 0.3) is 5.91 Å². The summed E-state index contributed by atoms with van der Waals surface area (Å²) in [5, 5.41) is 7.26. The summed E-state index contributed by atoms with van der Waals surface area (Å²) in [7, 11) is 0. The summed E-state index contributed by atoms with van der Waals surface area (Å²) in [4.78, 5) is 10.5. The Bertz CT molecular complexity index is 258. The van der Waals surface area contributed by atoms with Crippen LogP contribution in [0.3, 0.4) is 0 Å².